The molecule has 0 spiro atoms. The Kier molecular flexibility index (Phi) is 8.84. The summed E-state index contributed by atoms with van der Waals surface area (Å²) in [5.74, 6) is 0.864. The first-order valence-electron chi connectivity index (χ1n) is 6.47. The van der Waals surface area contributed by atoms with E-state index in [1.807, 2.05) is 11.3 Å². The van der Waals surface area contributed by atoms with Crippen LogP contribution in [-0.4, -0.2) is 12.5 Å². The van der Waals surface area contributed by atoms with Gasteiger partial charge in [0.05, 0.1) is 13.1 Å². The fourth-order valence-electron chi connectivity index (χ4n) is 1.69. The summed E-state index contributed by atoms with van der Waals surface area (Å²) in [7, 11) is 0. The molecule has 0 unspecified atom stereocenters. The third kappa shape index (κ3) is 6.66. The largest absolute Gasteiger partial charge is 0.357 e. The number of nitrogens with one attached hydrogen (secondary N) is 2. The van der Waals surface area contributed by atoms with Crippen LogP contribution < -0.4 is 10.6 Å². The summed E-state index contributed by atoms with van der Waals surface area (Å²) in [6, 6.07) is 6.42. The van der Waals surface area contributed by atoms with Crippen LogP contribution in [0, 0.1) is 6.92 Å². The van der Waals surface area contributed by atoms with Crippen molar-refractivity contribution >= 4 is 68.5 Å². The van der Waals surface area contributed by atoms with Gasteiger partial charge in [-0.1, -0.05) is 0 Å². The van der Waals surface area contributed by atoms with Crippen LogP contribution in [0.5, 0.6) is 0 Å². The number of aryl methyl sites for hydroxylation is 1. The number of hydrogen-bond donors (Lipinski definition) is 2. The minimum atomic E-state index is 0. The van der Waals surface area contributed by atoms with Crippen molar-refractivity contribution in [2.24, 2.45) is 4.99 Å². The summed E-state index contributed by atoms with van der Waals surface area (Å²) in [6.07, 6.45) is 0. The molecule has 0 aliphatic heterocycles. The zero-order valence-corrected chi connectivity index (χ0v) is 17.5. The molecule has 2 rings (SSSR count). The van der Waals surface area contributed by atoms with Crippen molar-refractivity contribution in [2.75, 3.05) is 6.54 Å². The predicted molar refractivity (Wildman–Crippen MR) is 108 cm³/mol. The van der Waals surface area contributed by atoms with Crippen LogP contribution in [0.15, 0.2) is 33.0 Å². The Morgan fingerprint density at radius 3 is 2.67 bits per heavy atom. The Balaban J connectivity index is 0.00000220. The quantitative estimate of drug-likeness (QED) is 0.353. The highest BCUT2D eigenvalue weighted by Gasteiger charge is 2.01. The van der Waals surface area contributed by atoms with E-state index in [-0.39, 0.29) is 24.0 Å². The van der Waals surface area contributed by atoms with Crippen molar-refractivity contribution in [1.82, 2.24) is 10.6 Å². The maximum Gasteiger partial charge on any atom is 0.191 e. The van der Waals surface area contributed by atoms with E-state index in [0.29, 0.717) is 6.54 Å². The van der Waals surface area contributed by atoms with Crippen molar-refractivity contribution in [3.05, 3.63) is 42.7 Å². The van der Waals surface area contributed by atoms with Gasteiger partial charge in [-0.2, -0.15) is 0 Å². The topological polar surface area (TPSA) is 36.4 Å². The molecule has 0 aliphatic carbocycles. The molecule has 0 aliphatic rings. The molecule has 7 heteroatoms. The van der Waals surface area contributed by atoms with Gasteiger partial charge in [0.2, 0.25) is 0 Å². The molecular weight excluding hydrogens is 481 g/mol. The van der Waals surface area contributed by atoms with Crippen LogP contribution in [0.1, 0.15) is 21.6 Å². The SMILES string of the molecule is CCNC(=NCc1cc(Br)cs1)NCc1ccc(C)s1.I. The summed E-state index contributed by atoms with van der Waals surface area (Å²) < 4.78 is 1.12. The summed E-state index contributed by atoms with van der Waals surface area (Å²) in [6.45, 7) is 6.59. The van der Waals surface area contributed by atoms with Crippen LogP contribution in [0.3, 0.4) is 0 Å². The molecule has 2 heterocycles. The molecule has 2 aromatic rings. The van der Waals surface area contributed by atoms with Crippen LogP contribution >= 0.6 is 62.6 Å². The molecule has 21 heavy (non-hydrogen) atoms. The maximum atomic E-state index is 4.61. The lowest BCUT2D eigenvalue weighted by Crippen LogP contribution is -2.36. The first kappa shape index (κ1) is 18.9. The molecule has 3 nitrogen and oxygen atoms in total. The molecule has 0 saturated carbocycles. The minimum Gasteiger partial charge on any atom is -0.357 e. The van der Waals surface area contributed by atoms with E-state index in [9.17, 15) is 0 Å². The number of guanidine groups is 1. The third-order valence-corrected chi connectivity index (χ3v) is 5.27. The molecule has 0 radical (unpaired) electrons. The highest BCUT2D eigenvalue weighted by molar-refractivity contribution is 14.0. The van der Waals surface area contributed by atoms with Gasteiger partial charge in [0, 0.05) is 31.0 Å². The highest BCUT2D eigenvalue weighted by Crippen LogP contribution is 2.20. The molecule has 2 N–H and O–H groups in total. The van der Waals surface area contributed by atoms with Crippen molar-refractivity contribution in [3.63, 3.8) is 0 Å². The number of halogens is 2. The van der Waals surface area contributed by atoms with Gasteiger partial charge in [0.15, 0.2) is 5.96 Å². The fourth-order valence-corrected chi connectivity index (χ4v) is 3.89. The van der Waals surface area contributed by atoms with E-state index < -0.39 is 0 Å². The Hall–Kier alpha value is -0.120. The minimum absolute atomic E-state index is 0. The maximum absolute atomic E-state index is 4.61. The molecule has 116 valence electrons. The number of aliphatic imine (C=N–C) groups is 1. The monoisotopic (exact) mass is 499 g/mol. The third-order valence-electron chi connectivity index (χ3n) is 2.59. The highest BCUT2D eigenvalue weighted by atomic mass is 127. The zero-order valence-electron chi connectivity index (χ0n) is 12.0. The van der Waals surface area contributed by atoms with E-state index in [0.717, 1.165) is 23.5 Å². The van der Waals surface area contributed by atoms with Crippen LogP contribution in [0.4, 0.5) is 0 Å². The zero-order chi connectivity index (χ0) is 14.4. The summed E-state index contributed by atoms with van der Waals surface area (Å²) in [5, 5.41) is 8.73. The van der Waals surface area contributed by atoms with Crippen molar-refractivity contribution in [2.45, 2.75) is 26.9 Å². The lowest BCUT2D eigenvalue weighted by molar-refractivity contribution is 0.825. The lowest BCUT2D eigenvalue weighted by Gasteiger charge is -2.10. The second-order valence-electron chi connectivity index (χ2n) is 4.29. The van der Waals surface area contributed by atoms with Crippen molar-refractivity contribution < 1.29 is 0 Å². The van der Waals surface area contributed by atoms with Crippen LogP contribution in [0.2, 0.25) is 0 Å². The van der Waals surface area contributed by atoms with Gasteiger partial charge < -0.3 is 10.6 Å². The molecule has 0 bridgehead atoms. The van der Waals surface area contributed by atoms with Crippen LogP contribution in [-0.2, 0) is 13.1 Å². The molecule has 0 amide bonds. The van der Waals surface area contributed by atoms with E-state index in [1.165, 1.54) is 14.6 Å². The lowest BCUT2D eigenvalue weighted by atomic mass is 10.4. The van der Waals surface area contributed by atoms with Gasteiger partial charge in [-0.15, -0.1) is 46.7 Å². The first-order chi connectivity index (χ1) is 9.67. The van der Waals surface area contributed by atoms with Gasteiger partial charge in [0.25, 0.3) is 0 Å². The number of hydrogen-bond acceptors (Lipinski definition) is 3. The summed E-state index contributed by atoms with van der Waals surface area (Å²) >= 11 is 7.00. The van der Waals surface area contributed by atoms with E-state index >= 15 is 0 Å². The average molecular weight is 500 g/mol. The molecule has 0 aromatic carbocycles. The van der Waals surface area contributed by atoms with Crippen molar-refractivity contribution in [1.29, 1.82) is 0 Å². The molecule has 0 fully saturated rings. The summed E-state index contributed by atoms with van der Waals surface area (Å²) in [4.78, 5) is 8.52. The standard InChI is InChI=1S/C14H18BrN3S2.HI/c1-3-16-14(17-7-12-5-4-10(2)20-12)18-8-13-6-11(15)9-19-13;/h4-6,9H,3,7-8H2,1-2H3,(H2,16,17,18);1H. The Morgan fingerprint density at radius 2 is 2.10 bits per heavy atom. The molecule has 0 atom stereocenters. The number of thiophene rings is 2. The number of rotatable bonds is 5. The van der Waals surface area contributed by atoms with Crippen molar-refractivity contribution in [3.8, 4) is 0 Å². The molecule has 2 aromatic heterocycles. The second-order valence-corrected chi connectivity index (χ2v) is 7.58. The van der Waals surface area contributed by atoms with E-state index in [1.54, 1.807) is 11.3 Å². The predicted octanol–water partition coefficient (Wildman–Crippen LogP) is 4.75. The smallest absolute Gasteiger partial charge is 0.191 e. The molecule has 0 saturated heterocycles. The van der Waals surface area contributed by atoms with Gasteiger partial charge in [-0.25, -0.2) is 4.99 Å². The Bertz CT molecular complexity index is 580. The van der Waals surface area contributed by atoms with Gasteiger partial charge in [0.1, 0.15) is 0 Å². The number of nitrogens with zero attached hydrogens (tertiary/aromatic N) is 1. The van der Waals surface area contributed by atoms with E-state index in [4.69, 9.17) is 0 Å². The Labute approximate surface area is 159 Å². The first-order valence-corrected chi connectivity index (χ1v) is 8.96. The van der Waals surface area contributed by atoms with Gasteiger partial charge >= 0.3 is 0 Å². The van der Waals surface area contributed by atoms with Crippen LogP contribution in [0.25, 0.3) is 0 Å². The van der Waals surface area contributed by atoms with Gasteiger partial charge in [-0.3, -0.25) is 0 Å². The average Bonchev–Trinajstić information content (AvgIpc) is 3.02. The van der Waals surface area contributed by atoms with E-state index in [2.05, 4.69) is 69.0 Å². The second kappa shape index (κ2) is 9.81. The normalized spacial score (nSPS) is 11.1. The molecular formula is C14H19BrIN3S2. The van der Waals surface area contributed by atoms with Gasteiger partial charge in [-0.05, 0) is 48.0 Å². The fraction of sp³-hybridized carbons (Fsp3) is 0.357. The Morgan fingerprint density at radius 1 is 1.29 bits per heavy atom. The summed E-state index contributed by atoms with van der Waals surface area (Å²) in [5.41, 5.74) is 0.